The lowest BCUT2D eigenvalue weighted by atomic mass is 10.2. The molecule has 88 valence electrons. The Labute approximate surface area is 106 Å². The second-order valence-corrected chi connectivity index (χ2v) is 4.60. The number of ether oxygens (including phenoxy) is 1. The van der Waals surface area contributed by atoms with E-state index in [1.165, 1.54) is 5.56 Å². The maximum absolute atomic E-state index is 5.84. The Morgan fingerprint density at radius 1 is 0.941 bits per heavy atom. The van der Waals surface area contributed by atoms with Crippen molar-refractivity contribution in [3.8, 4) is 0 Å². The molecular weight excluding hydrogens is 230 g/mol. The van der Waals surface area contributed by atoms with Crippen molar-refractivity contribution in [3.05, 3.63) is 60.2 Å². The lowest BCUT2D eigenvalue weighted by molar-refractivity contribution is 0.169. The van der Waals surface area contributed by atoms with E-state index in [4.69, 9.17) is 10.5 Å². The number of para-hydroxylation sites is 1. The number of nitrogens with two attached hydrogens (primary N) is 1. The number of thioether (sulfide) groups is 1. The molecule has 0 radical (unpaired) electrons. The van der Waals surface area contributed by atoms with Crippen molar-refractivity contribution in [3.63, 3.8) is 0 Å². The van der Waals surface area contributed by atoms with Crippen LogP contribution in [0, 0.1) is 0 Å². The van der Waals surface area contributed by atoms with Crippen LogP contribution < -0.4 is 5.73 Å². The van der Waals surface area contributed by atoms with Gasteiger partial charge in [-0.2, -0.15) is 0 Å². The lowest BCUT2D eigenvalue weighted by Gasteiger charge is -2.06. The number of rotatable bonds is 5. The molecule has 0 fully saturated rings. The van der Waals surface area contributed by atoms with Crippen LogP contribution in [0.2, 0.25) is 0 Å². The molecule has 2 aromatic carbocycles. The fraction of sp³-hybridized carbons (Fsp3) is 0.143. The highest BCUT2D eigenvalue weighted by Crippen LogP contribution is 2.24. The van der Waals surface area contributed by atoms with Gasteiger partial charge in [-0.05, 0) is 17.7 Å². The highest BCUT2D eigenvalue weighted by Gasteiger charge is 1.98. The van der Waals surface area contributed by atoms with E-state index in [0.29, 0.717) is 12.5 Å². The lowest BCUT2D eigenvalue weighted by Crippen LogP contribution is -1.93. The summed E-state index contributed by atoms with van der Waals surface area (Å²) in [6.07, 6.45) is 0. The summed E-state index contributed by atoms with van der Waals surface area (Å²) in [5.74, 6) is 0.614. The van der Waals surface area contributed by atoms with Gasteiger partial charge in [0.25, 0.3) is 0 Å². The van der Waals surface area contributed by atoms with Crippen molar-refractivity contribution >= 4 is 17.4 Å². The fourth-order valence-corrected chi connectivity index (χ4v) is 2.15. The molecule has 0 aliphatic heterocycles. The van der Waals surface area contributed by atoms with Crippen LogP contribution in [0.1, 0.15) is 5.56 Å². The van der Waals surface area contributed by atoms with Crippen molar-refractivity contribution in [2.24, 2.45) is 0 Å². The highest BCUT2D eigenvalue weighted by molar-refractivity contribution is 7.99. The molecule has 0 unspecified atom stereocenters. The topological polar surface area (TPSA) is 35.2 Å². The quantitative estimate of drug-likeness (QED) is 0.379. The maximum atomic E-state index is 5.84. The summed E-state index contributed by atoms with van der Waals surface area (Å²) < 4.78 is 5.59. The molecule has 0 heterocycles. The van der Waals surface area contributed by atoms with Gasteiger partial charge in [-0.15, -0.1) is 0 Å². The summed E-state index contributed by atoms with van der Waals surface area (Å²) in [7, 11) is 0. The van der Waals surface area contributed by atoms with Gasteiger partial charge in [0.15, 0.2) is 0 Å². The fourth-order valence-electron chi connectivity index (χ4n) is 1.45. The van der Waals surface area contributed by atoms with Gasteiger partial charge in [-0.1, -0.05) is 54.2 Å². The first-order chi connectivity index (χ1) is 8.36. The van der Waals surface area contributed by atoms with Crippen LogP contribution in [-0.4, -0.2) is 5.94 Å². The van der Waals surface area contributed by atoms with Crippen LogP contribution in [-0.2, 0) is 11.3 Å². The molecule has 0 aliphatic rings. The van der Waals surface area contributed by atoms with Gasteiger partial charge in [0.2, 0.25) is 0 Å². The van der Waals surface area contributed by atoms with E-state index >= 15 is 0 Å². The summed E-state index contributed by atoms with van der Waals surface area (Å²) in [5, 5.41) is 0. The molecule has 0 saturated heterocycles. The molecule has 0 bridgehead atoms. The summed E-state index contributed by atoms with van der Waals surface area (Å²) in [6, 6.07) is 18.0. The molecule has 2 rings (SSSR count). The van der Waals surface area contributed by atoms with Crippen LogP contribution in [0.5, 0.6) is 0 Å². The smallest absolute Gasteiger partial charge is 0.0972 e. The van der Waals surface area contributed by atoms with E-state index in [9.17, 15) is 0 Å². The van der Waals surface area contributed by atoms with Gasteiger partial charge in [0, 0.05) is 10.6 Å². The molecule has 0 amide bonds. The van der Waals surface area contributed by atoms with Crippen molar-refractivity contribution in [1.29, 1.82) is 0 Å². The van der Waals surface area contributed by atoms with Crippen molar-refractivity contribution in [2.45, 2.75) is 11.5 Å². The van der Waals surface area contributed by atoms with Gasteiger partial charge in [0.1, 0.15) is 0 Å². The summed E-state index contributed by atoms with van der Waals surface area (Å²) in [6.45, 7) is 0.639. The molecule has 2 aromatic rings. The van der Waals surface area contributed by atoms with E-state index in [2.05, 4.69) is 12.1 Å². The van der Waals surface area contributed by atoms with Gasteiger partial charge in [-0.3, -0.25) is 0 Å². The number of hydrogen-bond acceptors (Lipinski definition) is 3. The van der Waals surface area contributed by atoms with Crippen molar-refractivity contribution in [1.82, 2.24) is 0 Å². The molecular formula is C14H15NOS. The van der Waals surface area contributed by atoms with Crippen LogP contribution in [0.3, 0.4) is 0 Å². The van der Waals surface area contributed by atoms with Gasteiger partial charge >= 0.3 is 0 Å². The zero-order valence-electron chi connectivity index (χ0n) is 9.50. The minimum Gasteiger partial charge on any atom is -0.398 e. The Kier molecular flexibility index (Phi) is 4.47. The minimum absolute atomic E-state index is 0.614. The molecule has 0 spiro atoms. The first-order valence-corrected chi connectivity index (χ1v) is 6.44. The SMILES string of the molecule is Nc1ccccc1SCOCc1ccccc1. The second-order valence-electron chi connectivity index (χ2n) is 3.63. The molecule has 2 N–H and O–H groups in total. The zero-order chi connectivity index (χ0) is 11.9. The Hall–Kier alpha value is -1.45. The van der Waals surface area contributed by atoms with E-state index in [-0.39, 0.29) is 0 Å². The van der Waals surface area contributed by atoms with Crippen molar-refractivity contribution in [2.75, 3.05) is 11.7 Å². The number of anilines is 1. The Morgan fingerprint density at radius 2 is 1.65 bits per heavy atom. The number of nitrogen functional groups attached to an aromatic ring is 1. The monoisotopic (exact) mass is 245 g/mol. The van der Waals surface area contributed by atoms with Crippen LogP contribution in [0.15, 0.2) is 59.5 Å². The summed E-state index contributed by atoms with van der Waals surface area (Å²) in [5.41, 5.74) is 7.83. The normalized spacial score (nSPS) is 10.4. The van der Waals surface area contributed by atoms with E-state index in [1.54, 1.807) is 11.8 Å². The third-order valence-electron chi connectivity index (χ3n) is 2.33. The van der Waals surface area contributed by atoms with Crippen LogP contribution in [0.4, 0.5) is 5.69 Å². The van der Waals surface area contributed by atoms with Gasteiger partial charge < -0.3 is 10.5 Å². The van der Waals surface area contributed by atoms with E-state index in [1.807, 2.05) is 42.5 Å². The standard InChI is InChI=1S/C14H15NOS/c15-13-8-4-5-9-14(13)17-11-16-10-12-6-2-1-3-7-12/h1-9H,10-11,15H2. The summed E-state index contributed by atoms with van der Waals surface area (Å²) >= 11 is 1.62. The maximum Gasteiger partial charge on any atom is 0.0972 e. The van der Waals surface area contributed by atoms with Crippen LogP contribution >= 0.6 is 11.8 Å². The van der Waals surface area contributed by atoms with E-state index in [0.717, 1.165) is 10.6 Å². The first kappa shape index (κ1) is 12.0. The highest BCUT2D eigenvalue weighted by atomic mass is 32.2. The number of benzene rings is 2. The predicted molar refractivity (Wildman–Crippen MR) is 72.8 cm³/mol. The largest absolute Gasteiger partial charge is 0.398 e. The van der Waals surface area contributed by atoms with Crippen LogP contribution in [0.25, 0.3) is 0 Å². The second kappa shape index (κ2) is 6.33. The molecule has 0 atom stereocenters. The Morgan fingerprint density at radius 3 is 2.41 bits per heavy atom. The van der Waals surface area contributed by atoms with Gasteiger partial charge in [0.05, 0.1) is 12.5 Å². The van der Waals surface area contributed by atoms with Gasteiger partial charge in [-0.25, -0.2) is 0 Å². The minimum atomic E-state index is 0.614. The number of hydrogen-bond donors (Lipinski definition) is 1. The van der Waals surface area contributed by atoms with Crippen molar-refractivity contribution < 1.29 is 4.74 Å². The average molecular weight is 245 g/mol. The molecule has 3 heteroatoms. The van der Waals surface area contributed by atoms with E-state index < -0.39 is 0 Å². The predicted octanol–water partition coefficient (Wildman–Crippen LogP) is 3.54. The zero-order valence-corrected chi connectivity index (χ0v) is 10.3. The molecule has 2 nitrogen and oxygen atoms in total. The average Bonchev–Trinajstić information content (AvgIpc) is 2.38. The third-order valence-corrected chi connectivity index (χ3v) is 3.30. The summed E-state index contributed by atoms with van der Waals surface area (Å²) in [4.78, 5) is 1.07. The molecule has 0 saturated carbocycles. The Bertz CT molecular complexity index is 459. The molecule has 0 aliphatic carbocycles. The first-order valence-electron chi connectivity index (χ1n) is 5.45. The Balaban J connectivity index is 1.76. The molecule has 17 heavy (non-hydrogen) atoms. The third kappa shape index (κ3) is 3.80. The molecule has 0 aromatic heterocycles.